The van der Waals surface area contributed by atoms with E-state index >= 15 is 0 Å². The molecule has 1 rings (SSSR count). The zero-order valence-corrected chi connectivity index (χ0v) is 11.4. The highest BCUT2D eigenvalue weighted by Crippen LogP contribution is 2.19. The zero-order chi connectivity index (χ0) is 13.7. The quantitative estimate of drug-likeness (QED) is 0.401. The fraction of sp³-hybridized carbons (Fsp3) is 0.364. The molecule has 1 aromatic rings. The van der Waals surface area contributed by atoms with Gasteiger partial charge in [0.2, 0.25) is 5.69 Å². The fourth-order valence-corrected chi connectivity index (χ4v) is 1.28. The van der Waals surface area contributed by atoms with Crippen LogP contribution in [0.5, 0.6) is 5.75 Å². The van der Waals surface area contributed by atoms with Crippen molar-refractivity contribution in [1.82, 2.24) is 10.3 Å². The summed E-state index contributed by atoms with van der Waals surface area (Å²) in [6.45, 7) is 1.54. The first-order valence-corrected chi connectivity index (χ1v) is 5.72. The lowest BCUT2D eigenvalue weighted by molar-refractivity contribution is -0.389. The Hall–Kier alpha value is -1.73. The van der Waals surface area contributed by atoms with Gasteiger partial charge in [0.15, 0.2) is 17.1 Å². The van der Waals surface area contributed by atoms with Crippen molar-refractivity contribution in [1.29, 1.82) is 0 Å². The Bertz CT molecular complexity index is 474. The van der Waals surface area contributed by atoms with Gasteiger partial charge >= 0.3 is 0 Å². The molecule has 0 fully saturated rings. The van der Waals surface area contributed by atoms with Crippen LogP contribution in [0.3, 0.4) is 0 Å². The SMILES string of the molecule is Cc1[nH+]cc(CO)c(C=NNC(=S)N(C)C)c1O. The van der Waals surface area contributed by atoms with Gasteiger partial charge in [-0.15, -0.1) is 0 Å². The van der Waals surface area contributed by atoms with Crippen LogP contribution in [0.1, 0.15) is 16.8 Å². The number of rotatable bonds is 3. The first-order chi connectivity index (χ1) is 8.47. The molecule has 4 N–H and O–H groups in total. The van der Waals surface area contributed by atoms with Crippen molar-refractivity contribution >= 4 is 23.5 Å². The number of aromatic nitrogens is 1. The molecule has 98 valence electrons. The third-order valence-electron chi connectivity index (χ3n) is 2.35. The minimum absolute atomic E-state index is 0.0582. The third kappa shape index (κ3) is 3.38. The number of aryl methyl sites for hydroxylation is 1. The molecule has 0 atom stereocenters. The maximum Gasteiger partial charge on any atom is 0.219 e. The molecule has 6 nitrogen and oxygen atoms in total. The van der Waals surface area contributed by atoms with E-state index in [4.69, 9.17) is 12.2 Å². The highest BCUT2D eigenvalue weighted by atomic mass is 32.1. The van der Waals surface area contributed by atoms with Gasteiger partial charge in [0.1, 0.15) is 0 Å². The van der Waals surface area contributed by atoms with Gasteiger partial charge in [-0.25, -0.2) is 4.98 Å². The van der Waals surface area contributed by atoms with Crippen LogP contribution in [-0.4, -0.2) is 40.5 Å². The molecule has 1 heterocycles. The van der Waals surface area contributed by atoms with E-state index in [1.54, 1.807) is 32.1 Å². The number of pyridine rings is 1. The lowest BCUT2D eigenvalue weighted by Crippen LogP contribution is -2.30. The largest absolute Gasteiger partial charge is 0.502 e. The second kappa shape index (κ2) is 6.27. The van der Waals surface area contributed by atoms with Crippen molar-refractivity contribution in [2.75, 3.05) is 14.1 Å². The summed E-state index contributed by atoms with van der Waals surface area (Å²) in [5, 5.41) is 23.4. The van der Waals surface area contributed by atoms with Gasteiger partial charge in [0.05, 0.1) is 23.9 Å². The molecule has 0 unspecified atom stereocenters. The number of hydrazone groups is 1. The molecule has 0 aliphatic heterocycles. The van der Waals surface area contributed by atoms with E-state index in [0.717, 1.165) is 0 Å². The number of hydrogen-bond acceptors (Lipinski definition) is 4. The number of thiocarbonyl (C=S) groups is 1. The van der Waals surface area contributed by atoms with Gasteiger partial charge in [-0.3, -0.25) is 5.43 Å². The predicted octanol–water partition coefficient (Wildman–Crippen LogP) is -0.223. The second-order valence-corrected chi connectivity index (χ2v) is 4.32. The van der Waals surface area contributed by atoms with Gasteiger partial charge in [0.25, 0.3) is 0 Å². The number of aromatic amines is 1. The monoisotopic (exact) mass is 269 g/mol. The Morgan fingerprint density at radius 3 is 2.83 bits per heavy atom. The normalized spacial score (nSPS) is 10.7. The number of nitrogens with zero attached hydrogens (tertiary/aromatic N) is 2. The Morgan fingerprint density at radius 1 is 1.61 bits per heavy atom. The Kier molecular flexibility index (Phi) is 4.99. The molecule has 0 saturated carbocycles. The molecule has 0 spiro atoms. The molecule has 0 saturated heterocycles. The summed E-state index contributed by atoms with van der Waals surface area (Å²) >= 11 is 5.00. The molecular formula is C11H17N4O2S+. The van der Waals surface area contributed by atoms with Crippen LogP contribution in [0.25, 0.3) is 0 Å². The van der Waals surface area contributed by atoms with Crippen LogP contribution in [0.2, 0.25) is 0 Å². The summed E-state index contributed by atoms with van der Waals surface area (Å²) in [4.78, 5) is 4.55. The molecular weight excluding hydrogens is 252 g/mol. The minimum Gasteiger partial charge on any atom is -0.502 e. The standard InChI is InChI=1S/C11H16N4O2S/c1-7-10(17)9(8(6-16)4-12-7)5-13-14-11(18)15(2)3/h4-5,16-17H,6H2,1-3H3,(H,14,18)/p+1. The molecule has 0 amide bonds. The number of aliphatic hydroxyl groups excluding tert-OH is 1. The Morgan fingerprint density at radius 2 is 2.28 bits per heavy atom. The van der Waals surface area contributed by atoms with Crippen LogP contribution in [0.4, 0.5) is 0 Å². The first-order valence-electron chi connectivity index (χ1n) is 5.31. The van der Waals surface area contributed by atoms with Crippen LogP contribution in [-0.2, 0) is 6.61 Å². The number of nitrogens with one attached hydrogen (secondary N) is 2. The number of aromatic hydroxyl groups is 1. The second-order valence-electron chi connectivity index (χ2n) is 3.93. The van der Waals surface area contributed by atoms with E-state index in [-0.39, 0.29) is 12.4 Å². The van der Waals surface area contributed by atoms with E-state index in [1.807, 2.05) is 0 Å². The van der Waals surface area contributed by atoms with Gasteiger partial charge in [-0.1, -0.05) is 0 Å². The molecule has 0 aliphatic carbocycles. The van der Waals surface area contributed by atoms with Crippen molar-refractivity contribution in [3.63, 3.8) is 0 Å². The van der Waals surface area contributed by atoms with Crippen LogP contribution in [0, 0.1) is 6.92 Å². The molecule has 7 heteroatoms. The van der Waals surface area contributed by atoms with Gasteiger partial charge in [-0.05, 0) is 12.2 Å². The summed E-state index contributed by atoms with van der Waals surface area (Å²) in [6, 6.07) is 0. The number of hydrogen-bond donors (Lipinski definition) is 3. The van der Waals surface area contributed by atoms with Crippen LogP contribution < -0.4 is 10.4 Å². The van der Waals surface area contributed by atoms with Crippen LogP contribution >= 0.6 is 12.2 Å². The fourth-order valence-electron chi connectivity index (χ4n) is 1.22. The predicted molar refractivity (Wildman–Crippen MR) is 72.3 cm³/mol. The van der Waals surface area contributed by atoms with E-state index in [9.17, 15) is 10.2 Å². The Labute approximate surface area is 111 Å². The summed E-state index contributed by atoms with van der Waals surface area (Å²) < 4.78 is 0. The topological polar surface area (TPSA) is 82.2 Å². The van der Waals surface area contributed by atoms with Crippen molar-refractivity contribution in [3.05, 3.63) is 23.0 Å². The first kappa shape index (κ1) is 14.3. The van der Waals surface area contributed by atoms with Gasteiger partial charge in [-0.2, -0.15) is 5.10 Å². The highest BCUT2D eigenvalue weighted by molar-refractivity contribution is 7.80. The molecule has 0 bridgehead atoms. The van der Waals surface area contributed by atoms with Gasteiger partial charge in [0, 0.05) is 21.0 Å². The average Bonchev–Trinajstić information content (AvgIpc) is 2.34. The Balaban J connectivity index is 2.93. The highest BCUT2D eigenvalue weighted by Gasteiger charge is 2.13. The zero-order valence-electron chi connectivity index (χ0n) is 10.6. The van der Waals surface area contributed by atoms with Crippen LogP contribution in [0.15, 0.2) is 11.3 Å². The third-order valence-corrected chi connectivity index (χ3v) is 2.81. The van der Waals surface area contributed by atoms with Crippen molar-refractivity contribution < 1.29 is 15.2 Å². The summed E-state index contributed by atoms with van der Waals surface area (Å²) in [5.41, 5.74) is 4.27. The van der Waals surface area contributed by atoms with Crippen molar-refractivity contribution in [2.24, 2.45) is 5.10 Å². The molecule has 0 radical (unpaired) electrons. The average molecular weight is 269 g/mol. The van der Waals surface area contributed by atoms with E-state index in [2.05, 4.69) is 15.5 Å². The molecule has 18 heavy (non-hydrogen) atoms. The lowest BCUT2D eigenvalue weighted by Gasteiger charge is -2.11. The summed E-state index contributed by atoms with van der Waals surface area (Å²) in [6.07, 6.45) is 3.05. The number of H-pyrrole nitrogens is 1. The number of aliphatic hydroxyl groups is 1. The summed E-state index contributed by atoms with van der Waals surface area (Å²) in [7, 11) is 3.59. The minimum atomic E-state index is -0.191. The van der Waals surface area contributed by atoms with Crippen molar-refractivity contribution in [2.45, 2.75) is 13.5 Å². The molecule has 0 aromatic carbocycles. The summed E-state index contributed by atoms with van der Waals surface area (Å²) in [5.74, 6) is 0.0582. The maximum atomic E-state index is 9.88. The van der Waals surface area contributed by atoms with E-state index < -0.39 is 0 Å². The molecule has 0 aliphatic rings. The van der Waals surface area contributed by atoms with Crippen molar-refractivity contribution in [3.8, 4) is 5.75 Å². The van der Waals surface area contributed by atoms with E-state index in [0.29, 0.717) is 21.9 Å². The smallest absolute Gasteiger partial charge is 0.219 e. The molecule has 1 aromatic heterocycles. The lowest BCUT2D eigenvalue weighted by atomic mass is 10.1. The van der Waals surface area contributed by atoms with Gasteiger partial charge < -0.3 is 15.1 Å². The maximum absolute atomic E-state index is 9.88. The van der Waals surface area contributed by atoms with E-state index in [1.165, 1.54) is 6.21 Å².